The van der Waals surface area contributed by atoms with Crippen molar-refractivity contribution >= 4 is 34.4 Å². The molecule has 0 bridgehead atoms. The van der Waals surface area contributed by atoms with Gasteiger partial charge in [-0.05, 0) is 48.9 Å². The molecular weight excluding hydrogens is 520 g/mol. The summed E-state index contributed by atoms with van der Waals surface area (Å²) in [6.07, 6.45) is 0.142. The van der Waals surface area contributed by atoms with Crippen LogP contribution in [0.3, 0.4) is 0 Å². The van der Waals surface area contributed by atoms with Crippen LogP contribution in [0.5, 0.6) is 5.75 Å². The Morgan fingerprint density at radius 1 is 1.14 bits per heavy atom. The number of carboxylic acids is 2. The minimum Gasteiger partial charge on any atom is -0.487 e. The van der Waals surface area contributed by atoms with Crippen LogP contribution in [0.15, 0.2) is 60.8 Å². The molecule has 0 spiro atoms. The molecule has 37 heavy (non-hydrogen) atoms. The van der Waals surface area contributed by atoms with Crippen molar-refractivity contribution < 1.29 is 42.1 Å². The van der Waals surface area contributed by atoms with Gasteiger partial charge in [-0.15, -0.1) is 0 Å². The van der Waals surface area contributed by atoms with E-state index in [0.717, 1.165) is 29.4 Å². The molecule has 1 aromatic heterocycles. The smallest absolute Gasteiger partial charge is 0.340 e. The van der Waals surface area contributed by atoms with E-state index < -0.39 is 30.9 Å². The second kappa shape index (κ2) is 13.7. The molecule has 1 heterocycles. The predicted molar refractivity (Wildman–Crippen MR) is 131 cm³/mol. The number of ether oxygens (including phenoxy) is 1. The van der Waals surface area contributed by atoms with Crippen molar-refractivity contribution in [3.8, 4) is 5.75 Å². The third kappa shape index (κ3) is 10.1. The van der Waals surface area contributed by atoms with Crippen LogP contribution in [0.4, 0.5) is 17.6 Å². The first-order chi connectivity index (χ1) is 17.4. The number of aromatic amines is 1. The van der Waals surface area contributed by atoms with Gasteiger partial charge in [0.2, 0.25) is 0 Å². The van der Waals surface area contributed by atoms with Gasteiger partial charge in [0, 0.05) is 47.4 Å². The summed E-state index contributed by atoms with van der Waals surface area (Å²) in [7, 11) is 1.95. The molecule has 0 aliphatic carbocycles. The molecule has 0 unspecified atom stereocenters. The molecule has 3 rings (SSSR count). The van der Waals surface area contributed by atoms with Crippen molar-refractivity contribution in [2.75, 3.05) is 20.2 Å². The van der Waals surface area contributed by atoms with Crippen molar-refractivity contribution in [3.63, 3.8) is 0 Å². The lowest BCUT2D eigenvalue weighted by Crippen LogP contribution is -2.33. The number of aromatic nitrogens is 1. The molecule has 2 aromatic carbocycles. The quantitative estimate of drug-likeness (QED) is 0.218. The Morgan fingerprint density at radius 2 is 1.81 bits per heavy atom. The highest BCUT2D eigenvalue weighted by atomic mass is 35.5. The zero-order chi connectivity index (χ0) is 27.6. The number of likely N-dealkylation sites (N-methyl/N-ethyl adjacent to an activating group) is 1. The van der Waals surface area contributed by atoms with Gasteiger partial charge in [0.05, 0.1) is 0 Å². The number of carbonyl (C=O) groups is 2. The average molecular weight is 545 g/mol. The molecule has 7 nitrogen and oxygen atoms in total. The van der Waals surface area contributed by atoms with Crippen LogP contribution >= 0.6 is 11.6 Å². The fourth-order valence-corrected chi connectivity index (χ4v) is 3.36. The number of aliphatic carboxylic acids is 2. The molecule has 12 heteroatoms. The molecule has 3 aromatic rings. The van der Waals surface area contributed by atoms with Crippen LogP contribution in [-0.4, -0.2) is 64.6 Å². The lowest BCUT2D eigenvalue weighted by molar-refractivity contribution is -0.148. The second-order valence-corrected chi connectivity index (χ2v) is 8.44. The summed E-state index contributed by atoms with van der Waals surface area (Å²) in [5.41, 5.74) is 3.01. The molecule has 0 radical (unpaired) electrons. The highest BCUT2D eigenvalue weighted by Crippen LogP contribution is 2.25. The predicted octanol–water partition coefficient (Wildman–Crippen LogP) is 5.49. The zero-order valence-corrected chi connectivity index (χ0v) is 20.4. The van der Waals surface area contributed by atoms with E-state index in [-0.39, 0.29) is 5.75 Å². The van der Waals surface area contributed by atoms with Crippen LogP contribution < -0.4 is 4.74 Å². The van der Waals surface area contributed by atoms with Crippen LogP contribution in [0.1, 0.15) is 11.1 Å². The van der Waals surface area contributed by atoms with E-state index in [4.69, 9.17) is 26.6 Å². The Hall–Kier alpha value is -3.57. The van der Waals surface area contributed by atoms with Crippen molar-refractivity contribution in [1.29, 1.82) is 0 Å². The largest absolute Gasteiger partial charge is 0.487 e. The molecule has 3 N–H and O–H groups in total. The summed E-state index contributed by atoms with van der Waals surface area (Å²) >= 11 is 6.00. The van der Waals surface area contributed by atoms with Crippen LogP contribution in [0.2, 0.25) is 5.02 Å². The van der Waals surface area contributed by atoms with Gasteiger partial charge < -0.3 is 24.8 Å². The molecule has 0 saturated heterocycles. The SMILES string of the molecule is CN(CCc1c[nH]c2cc(Cl)ccc12)Cc1cccc(OCC(F)(F)C(F)F)c1.O=C(O)/C=C\C(=O)O. The van der Waals surface area contributed by atoms with Crippen LogP contribution in [-0.2, 0) is 22.6 Å². The number of nitrogens with zero attached hydrogens (tertiary/aromatic N) is 1. The number of hydrogen-bond acceptors (Lipinski definition) is 4. The average Bonchev–Trinajstić information content (AvgIpc) is 3.22. The normalized spacial score (nSPS) is 11.7. The minimum atomic E-state index is -4.17. The second-order valence-electron chi connectivity index (χ2n) is 8.00. The van der Waals surface area contributed by atoms with Crippen molar-refractivity contribution in [1.82, 2.24) is 9.88 Å². The Labute approximate surface area is 214 Å². The molecule has 0 atom stereocenters. The van der Waals surface area contributed by atoms with E-state index in [2.05, 4.69) is 9.88 Å². The number of H-pyrrole nitrogens is 1. The van der Waals surface area contributed by atoms with Crippen molar-refractivity contribution in [2.24, 2.45) is 0 Å². The van der Waals surface area contributed by atoms with Gasteiger partial charge in [0.15, 0.2) is 6.61 Å². The van der Waals surface area contributed by atoms with E-state index >= 15 is 0 Å². The third-order valence-corrected chi connectivity index (χ3v) is 5.20. The number of rotatable bonds is 11. The van der Waals surface area contributed by atoms with Gasteiger partial charge in [-0.3, -0.25) is 0 Å². The van der Waals surface area contributed by atoms with Gasteiger partial charge in [-0.1, -0.05) is 29.8 Å². The van der Waals surface area contributed by atoms with Gasteiger partial charge in [0.1, 0.15) is 5.75 Å². The number of benzene rings is 2. The Morgan fingerprint density at radius 3 is 2.43 bits per heavy atom. The van der Waals surface area contributed by atoms with Crippen LogP contribution in [0.25, 0.3) is 10.9 Å². The maximum absolute atomic E-state index is 13.0. The topological polar surface area (TPSA) is 103 Å². The maximum atomic E-state index is 13.0. The highest BCUT2D eigenvalue weighted by Gasteiger charge is 2.41. The molecule has 0 saturated carbocycles. The third-order valence-electron chi connectivity index (χ3n) is 4.96. The minimum absolute atomic E-state index is 0.143. The van der Waals surface area contributed by atoms with E-state index in [9.17, 15) is 27.2 Å². The zero-order valence-electron chi connectivity index (χ0n) is 19.6. The fourth-order valence-electron chi connectivity index (χ4n) is 3.19. The van der Waals surface area contributed by atoms with E-state index in [0.29, 0.717) is 23.7 Å². The first kappa shape index (κ1) is 29.7. The maximum Gasteiger partial charge on any atom is 0.340 e. The molecule has 0 aliphatic heterocycles. The first-order valence-corrected chi connectivity index (χ1v) is 11.2. The summed E-state index contributed by atoms with van der Waals surface area (Å²) in [4.78, 5) is 24.4. The lowest BCUT2D eigenvalue weighted by Gasteiger charge is -2.18. The summed E-state index contributed by atoms with van der Waals surface area (Å²) in [6, 6.07) is 12.3. The molecule has 200 valence electrons. The highest BCUT2D eigenvalue weighted by molar-refractivity contribution is 6.31. The number of halogens is 5. The van der Waals surface area contributed by atoms with Crippen molar-refractivity contribution in [2.45, 2.75) is 25.3 Å². The van der Waals surface area contributed by atoms with Gasteiger partial charge >= 0.3 is 24.3 Å². The van der Waals surface area contributed by atoms with E-state index in [1.54, 1.807) is 12.1 Å². The molecule has 0 fully saturated rings. The fraction of sp³-hybridized carbons (Fsp3) is 0.280. The Balaban J connectivity index is 0.000000521. The first-order valence-electron chi connectivity index (χ1n) is 10.8. The van der Waals surface area contributed by atoms with Crippen LogP contribution in [0, 0.1) is 0 Å². The Bertz CT molecular complexity index is 1220. The number of alkyl halides is 4. The Kier molecular flexibility index (Phi) is 10.9. The summed E-state index contributed by atoms with van der Waals surface area (Å²) < 4.78 is 55.4. The summed E-state index contributed by atoms with van der Waals surface area (Å²) in [5.74, 6) is -6.54. The number of carboxylic acid groups (broad SMARTS) is 2. The number of fused-ring (bicyclic) bond motifs is 1. The van der Waals surface area contributed by atoms with Gasteiger partial charge in [-0.25, -0.2) is 18.4 Å². The van der Waals surface area contributed by atoms with Gasteiger partial charge in [-0.2, -0.15) is 8.78 Å². The van der Waals surface area contributed by atoms with Gasteiger partial charge in [0.25, 0.3) is 0 Å². The summed E-state index contributed by atoms with van der Waals surface area (Å²) in [5, 5.41) is 17.4. The monoisotopic (exact) mass is 544 g/mol. The molecule has 0 amide bonds. The molecule has 0 aliphatic rings. The van der Waals surface area contributed by atoms with Crippen molar-refractivity contribution in [3.05, 3.63) is 77.0 Å². The number of nitrogens with one attached hydrogen (secondary N) is 1. The standard InChI is InChI=1S/C21H21ClF4N2O.C4H4O4/c1-28(8-7-15-11-27-19-10-16(22)5-6-18(15)19)12-14-3-2-4-17(9-14)29-13-21(25,26)20(23)24;5-3(6)1-2-4(7)8/h2-6,9-11,20,27H,7-8,12-13H2,1H3;1-2H,(H,5,6)(H,7,8)/b;2-1-. The summed E-state index contributed by atoms with van der Waals surface area (Å²) in [6.45, 7) is -0.0186. The van der Waals surface area contributed by atoms with E-state index in [1.165, 1.54) is 11.6 Å². The molecular formula is C25H25ClF4N2O5. The lowest BCUT2D eigenvalue weighted by atomic mass is 10.1. The van der Waals surface area contributed by atoms with E-state index in [1.807, 2.05) is 37.5 Å². The number of hydrogen-bond donors (Lipinski definition) is 3.